The number of anilines is 1. The van der Waals surface area contributed by atoms with Crippen molar-refractivity contribution in [2.24, 2.45) is 0 Å². The maximum atomic E-state index is 11.7. The van der Waals surface area contributed by atoms with E-state index in [1.165, 1.54) is 4.90 Å². The number of amides is 2. The van der Waals surface area contributed by atoms with E-state index < -0.39 is 0 Å². The number of rotatable bonds is 1. The fraction of sp³-hybridized carbons (Fsp3) is 0.273. The van der Waals surface area contributed by atoms with E-state index in [1.54, 1.807) is 18.2 Å². The van der Waals surface area contributed by atoms with Gasteiger partial charge < -0.3 is 0 Å². The van der Waals surface area contributed by atoms with E-state index in [9.17, 15) is 9.59 Å². The number of hydrogen-bond donors (Lipinski definition) is 0. The van der Waals surface area contributed by atoms with Gasteiger partial charge in [-0.3, -0.25) is 9.59 Å². The van der Waals surface area contributed by atoms with Crippen LogP contribution in [0, 0.1) is 0 Å². The second kappa shape index (κ2) is 4.55. The molecule has 1 aliphatic heterocycles. The molecule has 0 spiro atoms. The summed E-state index contributed by atoms with van der Waals surface area (Å²) in [5, 5.41) is 0.563. The zero-order valence-electron chi connectivity index (χ0n) is 8.37. The van der Waals surface area contributed by atoms with Crippen LogP contribution >= 0.6 is 27.5 Å². The summed E-state index contributed by atoms with van der Waals surface area (Å²) in [4.78, 5) is 24.6. The Balaban J connectivity index is 2.42. The molecular formula is C11H9BrClNO2. The molecule has 0 unspecified atom stereocenters. The van der Waals surface area contributed by atoms with Crippen molar-refractivity contribution in [3.63, 3.8) is 0 Å². The lowest BCUT2D eigenvalue weighted by Gasteiger charge is -2.25. The fourth-order valence-corrected chi connectivity index (χ4v) is 2.54. The second-order valence-electron chi connectivity index (χ2n) is 3.57. The number of piperidine rings is 1. The molecule has 1 aromatic carbocycles. The highest BCUT2D eigenvalue weighted by molar-refractivity contribution is 9.10. The third kappa shape index (κ3) is 2.13. The Hall–Kier alpha value is -0.870. The molecule has 16 heavy (non-hydrogen) atoms. The minimum atomic E-state index is -0.153. The van der Waals surface area contributed by atoms with Crippen LogP contribution in [0.2, 0.25) is 5.02 Å². The van der Waals surface area contributed by atoms with Gasteiger partial charge in [-0.25, -0.2) is 4.90 Å². The van der Waals surface area contributed by atoms with Crippen LogP contribution in [-0.2, 0) is 9.59 Å². The predicted octanol–water partition coefficient (Wildman–Crippen LogP) is 3.15. The van der Waals surface area contributed by atoms with Crippen LogP contribution in [0.4, 0.5) is 5.69 Å². The molecule has 2 rings (SSSR count). The van der Waals surface area contributed by atoms with Gasteiger partial charge in [-0.05, 0) is 40.5 Å². The smallest absolute Gasteiger partial charge is 0.233 e. The van der Waals surface area contributed by atoms with Crippen LogP contribution in [0.25, 0.3) is 0 Å². The van der Waals surface area contributed by atoms with E-state index in [0.29, 0.717) is 34.4 Å². The Bertz CT molecular complexity index is 445. The molecule has 0 aromatic heterocycles. The Morgan fingerprint density at radius 1 is 1.19 bits per heavy atom. The van der Waals surface area contributed by atoms with Crippen molar-refractivity contribution in [2.75, 3.05) is 4.90 Å². The van der Waals surface area contributed by atoms with E-state index in [1.807, 2.05) is 0 Å². The number of nitrogens with zero attached hydrogens (tertiary/aromatic N) is 1. The molecule has 0 N–H and O–H groups in total. The Labute approximate surface area is 107 Å². The van der Waals surface area contributed by atoms with Crippen molar-refractivity contribution in [3.8, 4) is 0 Å². The number of imide groups is 1. The van der Waals surface area contributed by atoms with E-state index in [2.05, 4.69) is 15.9 Å². The van der Waals surface area contributed by atoms with Crippen LogP contribution < -0.4 is 4.90 Å². The molecule has 1 aromatic rings. The van der Waals surface area contributed by atoms with Gasteiger partial charge in [-0.15, -0.1) is 0 Å². The van der Waals surface area contributed by atoms with Crippen molar-refractivity contribution in [1.82, 2.24) is 0 Å². The maximum absolute atomic E-state index is 11.7. The molecule has 5 heteroatoms. The summed E-state index contributed by atoms with van der Waals surface area (Å²) in [6, 6.07) is 5.01. The summed E-state index contributed by atoms with van der Waals surface area (Å²) in [7, 11) is 0. The first-order chi connectivity index (χ1) is 7.59. The molecule has 0 bridgehead atoms. The lowest BCUT2D eigenvalue weighted by atomic mass is 10.1. The Morgan fingerprint density at radius 2 is 1.81 bits per heavy atom. The van der Waals surface area contributed by atoms with E-state index in [0.717, 1.165) is 0 Å². The molecule has 0 atom stereocenters. The number of hydrogen-bond acceptors (Lipinski definition) is 2. The Morgan fingerprint density at radius 3 is 2.38 bits per heavy atom. The first kappa shape index (κ1) is 11.6. The van der Waals surface area contributed by atoms with Gasteiger partial charge in [0.2, 0.25) is 11.8 Å². The molecule has 1 fully saturated rings. The second-order valence-corrected chi connectivity index (χ2v) is 4.86. The zero-order chi connectivity index (χ0) is 11.7. The van der Waals surface area contributed by atoms with Crippen LogP contribution in [0.15, 0.2) is 22.7 Å². The van der Waals surface area contributed by atoms with E-state index >= 15 is 0 Å². The van der Waals surface area contributed by atoms with Crippen molar-refractivity contribution < 1.29 is 9.59 Å². The molecule has 0 saturated carbocycles. The molecule has 0 radical (unpaired) electrons. The van der Waals surface area contributed by atoms with Gasteiger partial charge in [0.05, 0.1) is 5.69 Å². The van der Waals surface area contributed by atoms with Crippen molar-refractivity contribution in [2.45, 2.75) is 19.3 Å². The molecule has 1 aliphatic rings. The summed E-state index contributed by atoms with van der Waals surface area (Å²) in [5.74, 6) is -0.307. The summed E-state index contributed by atoms with van der Waals surface area (Å²) < 4.78 is 0.656. The predicted molar refractivity (Wildman–Crippen MR) is 65.5 cm³/mol. The van der Waals surface area contributed by atoms with E-state index in [-0.39, 0.29) is 11.8 Å². The molecular weight excluding hydrogens is 293 g/mol. The molecule has 3 nitrogen and oxygen atoms in total. The summed E-state index contributed by atoms with van der Waals surface area (Å²) in [6.07, 6.45) is 1.47. The molecule has 84 valence electrons. The summed E-state index contributed by atoms with van der Waals surface area (Å²) in [5.41, 5.74) is 0.569. The van der Waals surface area contributed by atoms with Gasteiger partial charge in [0.15, 0.2) is 0 Å². The lowest BCUT2D eigenvalue weighted by Crippen LogP contribution is -2.40. The minimum absolute atomic E-state index is 0.153. The maximum Gasteiger partial charge on any atom is 0.233 e. The van der Waals surface area contributed by atoms with Crippen LogP contribution in [0.1, 0.15) is 19.3 Å². The average Bonchev–Trinajstić information content (AvgIpc) is 2.20. The Kier molecular flexibility index (Phi) is 3.30. The highest BCUT2D eigenvalue weighted by Gasteiger charge is 2.28. The lowest BCUT2D eigenvalue weighted by molar-refractivity contribution is -0.129. The molecule has 2 amide bonds. The average molecular weight is 303 g/mol. The third-order valence-corrected chi connectivity index (χ3v) is 3.30. The number of carbonyl (C=O) groups is 2. The SMILES string of the molecule is O=C1CCCC(=O)N1c1ccc(Cl)cc1Br. The monoisotopic (exact) mass is 301 g/mol. The van der Waals surface area contributed by atoms with Crippen molar-refractivity contribution in [1.29, 1.82) is 0 Å². The van der Waals surface area contributed by atoms with Crippen LogP contribution in [0.5, 0.6) is 0 Å². The fourth-order valence-electron chi connectivity index (χ4n) is 1.68. The van der Waals surface area contributed by atoms with E-state index in [4.69, 9.17) is 11.6 Å². The third-order valence-electron chi connectivity index (χ3n) is 2.43. The molecule has 0 aliphatic carbocycles. The van der Waals surface area contributed by atoms with Crippen molar-refractivity contribution >= 4 is 45.0 Å². The summed E-state index contributed by atoms with van der Waals surface area (Å²) in [6.45, 7) is 0. The highest BCUT2D eigenvalue weighted by Crippen LogP contribution is 2.31. The molecule has 1 saturated heterocycles. The van der Waals surface area contributed by atoms with Gasteiger partial charge in [-0.2, -0.15) is 0 Å². The molecule has 1 heterocycles. The highest BCUT2D eigenvalue weighted by atomic mass is 79.9. The van der Waals surface area contributed by atoms with Gasteiger partial charge in [0.1, 0.15) is 0 Å². The summed E-state index contributed by atoms with van der Waals surface area (Å²) >= 11 is 9.12. The van der Waals surface area contributed by atoms with Crippen molar-refractivity contribution in [3.05, 3.63) is 27.7 Å². The number of carbonyl (C=O) groups excluding carboxylic acids is 2. The topological polar surface area (TPSA) is 37.4 Å². The standard InChI is InChI=1S/C11H9BrClNO2/c12-8-6-7(13)4-5-9(8)14-10(15)2-1-3-11(14)16/h4-6H,1-3H2. The quantitative estimate of drug-likeness (QED) is 0.747. The normalized spacial score (nSPS) is 16.8. The van der Waals surface area contributed by atoms with Crippen LogP contribution in [-0.4, -0.2) is 11.8 Å². The number of halogens is 2. The van der Waals surface area contributed by atoms with Crippen LogP contribution in [0.3, 0.4) is 0 Å². The largest absolute Gasteiger partial charge is 0.274 e. The van der Waals surface area contributed by atoms with Gasteiger partial charge in [0, 0.05) is 22.3 Å². The minimum Gasteiger partial charge on any atom is -0.274 e. The van der Waals surface area contributed by atoms with Gasteiger partial charge in [-0.1, -0.05) is 11.6 Å². The van der Waals surface area contributed by atoms with Gasteiger partial charge >= 0.3 is 0 Å². The number of benzene rings is 1. The zero-order valence-corrected chi connectivity index (χ0v) is 10.7. The first-order valence-corrected chi connectivity index (χ1v) is 6.07. The first-order valence-electron chi connectivity index (χ1n) is 4.90. The van der Waals surface area contributed by atoms with Gasteiger partial charge in [0.25, 0.3) is 0 Å².